The maximum Gasteiger partial charge on any atom is 0.121 e. The van der Waals surface area contributed by atoms with E-state index in [9.17, 15) is 0 Å². The Bertz CT molecular complexity index is 716. The lowest BCUT2D eigenvalue weighted by Crippen LogP contribution is -1.80. The molecule has 0 amide bonds. The minimum atomic E-state index is 0.844. The summed E-state index contributed by atoms with van der Waals surface area (Å²) in [6.45, 7) is 0. The van der Waals surface area contributed by atoms with E-state index in [2.05, 4.69) is 23.2 Å². The van der Waals surface area contributed by atoms with E-state index in [1.807, 2.05) is 42.5 Å². The first-order valence-corrected chi connectivity index (χ1v) is 6.84. The van der Waals surface area contributed by atoms with Crippen LogP contribution >= 0.6 is 11.3 Å². The van der Waals surface area contributed by atoms with Crippen molar-refractivity contribution in [1.82, 2.24) is 4.98 Å². The van der Waals surface area contributed by atoms with Gasteiger partial charge in [0.2, 0.25) is 0 Å². The molecule has 0 atom stereocenters. The SMILES string of the molecule is COc1ccc2sc(C=Cc3ccccc3)nc2c1. The summed E-state index contributed by atoms with van der Waals surface area (Å²) in [5.74, 6) is 0.844. The third-order valence-electron chi connectivity index (χ3n) is 2.83. The molecule has 0 saturated carbocycles. The molecule has 2 nitrogen and oxygen atoms in total. The van der Waals surface area contributed by atoms with Crippen LogP contribution in [0.4, 0.5) is 0 Å². The average Bonchev–Trinajstić information content (AvgIpc) is 2.88. The molecule has 0 aliphatic carbocycles. The van der Waals surface area contributed by atoms with E-state index in [1.165, 1.54) is 10.3 Å². The second-order valence-corrected chi connectivity index (χ2v) is 5.19. The van der Waals surface area contributed by atoms with Gasteiger partial charge in [-0.15, -0.1) is 11.3 Å². The number of hydrogen-bond acceptors (Lipinski definition) is 3. The Balaban J connectivity index is 1.91. The molecule has 2 aromatic carbocycles. The number of fused-ring (bicyclic) bond motifs is 1. The van der Waals surface area contributed by atoms with Crippen LogP contribution in [0.1, 0.15) is 10.6 Å². The van der Waals surface area contributed by atoms with E-state index in [-0.39, 0.29) is 0 Å². The van der Waals surface area contributed by atoms with Gasteiger partial charge < -0.3 is 4.74 Å². The minimum Gasteiger partial charge on any atom is -0.497 e. The van der Waals surface area contributed by atoms with E-state index in [1.54, 1.807) is 18.4 Å². The Morgan fingerprint density at radius 1 is 1.05 bits per heavy atom. The van der Waals surface area contributed by atoms with Crippen LogP contribution in [0.15, 0.2) is 48.5 Å². The summed E-state index contributed by atoms with van der Waals surface area (Å²) in [4.78, 5) is 4.59. The van der Waals surface area contributed by atoms with Gasteiger partial charge in [0, 0.05) is 6.07 Å². The summed E-state index contributed by atoms with van der Waals surface area (Å²) < 4.78 is 6.38. The number of thiazole rings is 1. The highest BCUT2D eigenvalue weighted by atomic mass is 32.1. The number of aromatic nitrogens is 1. The van der Waals surface area contributed by atoms with Gasteiger partial charge in [0.1, 0.15) is 10.8 Å². The van der Waals surface area contributed by atoms with Crippen molar-refractivity contribution >= 4 is 33.7 Å². The number of ether oxygens (including phenoxy) is 1. The fourth-order valence-corrected chi connectivity index (χ4v) is 2.71. The van der Waals surface area contributed by atoms with E-state index < -0.39 is 0 Å². The molecule has 3 rings (SSSR count). The van der Waals surface area contributed by atoms with Crippen molar-refractivity contribution < 1.29 is 4.74 Å². The van der Waals surface area contributed by atoms with E-state index in [4.69, 9.17) is 4.74 Å². The highest BCUT2D eigenvalue weighted by Gasteiger charge is 2.02. The fourth-order valence-electron chi connectivity index (χ4n) is 1.85. The normalized spacial score (nSPS) is 11.2. The quantitative estimate of drug-likeness (QED) is 0.698. The van der Waals surface area contributed by atoms with Gasteiger partial charge in [-0.2, -0.15) is 0 Å². The number of benzene rings is 2. The Hall–Kier alpha value is -2.13. The molecule has 0 N–H and O–H groups in total. The van der Waals surface area contributed by atoms with Gasteiger partial charge >= 0.3 is 0 Å². The molecule has 0 aliphatic rings. The predicted molar refractivity (Wildman–Crippen MR) is 81.5 cm³/mol. The smallest absolute Gasteiger partial charge is 0.121 e. The molecule has 0 spiro atoms. The Kier molecular flexibility index (Phi) is 3.29. The van der Waals surface area contributed by atoms with Crippen LogP contribution in [0, 0.1) is 0 Å². The van der Waals surface area contributed by atoms with Crippen molar-refractivity contribution in [3.8, 4) is 5.75 Å². The zero-order valence-electron chi connectivity index (χ0n) is 10.5. The molecule has 0 fully saturated rings. The van der Waals surface area contributed by atoms with Gasteiger partial charge in [-0.25, -0.2) is 4.98 Å². The van der Waals surface area contributed by atoms with Crippen LogP contribution in [-0.4, -0.2) is 12.1 Å². The Morgan fingerprint density at radius 2 is 1.89 bits per heavy atom. The predicted octanol–water partition coefficient (Wildman–Crippen LogP) is 4.48. The number of nitrogens with zero attached hydrogens (tertiary/aromatic N) is 1. The lowest BCUT2D eigenvalue weighted by Gasteiger charge is -1.96. The van der Waals surface area contributed by atoms with E-state index in [0.29, 0.717) is 0 Å². The first-order chi connectivity index (χ1) is 9.35. The van der Waals surface area contributed by atoms with E-state index >= 15 is 0 Å². The summed E-state index contributed by atoms with van der Waals surface area (Å²) in [6.07, 6.45) is 4.13. The monoisotopic (exact) mass is 267 g/mol. The molecule has 0 bridgehead atoms. The highest BCUT2D eigenvalue weighted by Crippen LogP contribution is 2.26. The van der Waals surface area contributed by atoms with Gasteiger partial charge in [-0.3, -0.25) is 0 Å². The molecular formula is C16H13NOS. The zero-order chi connectivity index (χ0) is 13.1. The Morgan fingerprint density at radius 3 is 2.68 bits per heavy atom. The molecule has 0 unspecified atom stereocenters. The first kappa shape index (κ1) is 11.9. The van der Waals surface area contributed by atoms with Gasteiger partial charge in [-0.05, 0) is 23.8 Å². The molecule has 1 aromatic heterocycles. The van der Waals surface area contributed by atoms with Gasteiger partial charge in [-0.1, -0.05) is 36.4 Å². The second kappa shape index (κ2) is 5.24. The van der Waals surface area contributed by atoms with Crippen molar-refractivity contribution in [3.05, 3.63) is 59.1 Å². The van der Waals surface area contributed by atoms with Crippen molar-refractivity contribution in [1.29, 1.82) is 0 Å². The van der Waals surface area contributed by atoms with Crippen LogP contribution in [0.3, 0.4) is 0 Å². The lowest BCUT2D eigenvalue weighted by atomic mass is 10.2. The van der Waals surface area contributed by atoms with Crippen molar-refractivity contribution in [2.24, 2.45) is 0 Å². The summed E-state index contributed by atoms with van der Waals surface area (Å²) in [5.41, 5.74) is 2.16. The summed E-state index contributed by atoms with van der Waals surface area (Å²) in [5, 5.41) is 1.01. The molecule has 3 aromatic rings. The molecule has 1 heterocycles. The van der Waals surface area contributed by atoms with Gasteiger partial charge in [0.15, 0.2) is 0 Å². The molecular weight excluding hydrogens is 254 g/mol. The van der Waals surface area contributed by atoms with E-state index in [0.717, 1.165) is 16.3 Å². The number of rotatable bonds is 3. The standard InChI is InChI=1S/C16H13NOS/c1-18-13-8-9-15-14(11-13)17-16(19-15)10-7-12-5-3-2-4-6-12/h2-11H,1H3. The highest BCUT2D eigenvalue weighted by molar-refractivity contribution is 7.19. The lowest BCUT2D eigenvalue weighted by molar-refractivity contribution is 0.415. The third kappa shape index (κ3) is 2.66. The molecule has 0 aliphatic heterocycles. The second-order valence-electron chi connectivity index (χ2n) is 4.13. The third-order valence-corrected chi connectivity index (χ3v) is 3.83. The van der Waals surface area contributed by atoms with Gasteiger partial charge in [0.25, 0.3) is 0 Å². The van der Waals surface area contributed by atoms with Gasteiger partial charge in [0.05, 0.1) is 17.3 Å². The Labute approximate surface area is 116 Å². The zero-order valence-corrected chi connectivity index (χ0v) is 11.4. The molecule has 0 radical (unpaired) electrons. The van der Waals surface area contributed by atoms with Crippen LogP contribution < -0.4 is 4.74 Å². The fraction of sp³-hybridized carbons (Fsp3) is 0.0625. The molecule has 19 heavy (non-hydrogen) atoms. The molecule has 3 heteroatoms. The maximum absolute atomic E-state index is 5.21. The van der Waals surface area contributed by atoms with Crippen LogP contribution in [0.25, 0.3) is 22.4 Å². The molecule has 0 saturated heterocycles. The molecule has 94 valence electrons. The average molecular weight is 267 g/mol. The largest absolute Gasteiger partial charge is 0.497 e. The number of methoxy groups -OCH3 is 1. The number of hydrogen-bond donors (Lipinski definition) is 0. The van der Waals surface area contributed by atoms with Crippen LogP contribution in [0.2, 0.25) is 0 Å². The summed E-state index contributed by atoms with van der Waals surface area (Å²) in [7, 11) is 1.67. The summed E-state index contributed by atoms with van der Waals surface area (Å²) >= 11 is 1.68. The summed E-state index contributed by atoms with van der Waals surface area (Å²) in [6, 6.07) is 16.2. The van der Waals surface area contributed by atoms with Crippen molar-refractivity contribution in [2.45, 2.75) is 0 Å². The van der Waals surface area contributed by atoms with Crippen LogP contribution in [0.5, 0.6) is 5.75 Å². The van der Waals surface area contributed by atoms with Crippen LogP contribution in [-0.2, 0) is 0 Å². The van der Waals surface area contributed by atoms with Crippen molar-refractivity contribution in [3.63, 3.8) is 0 Å². The minimum absolute atomic E-state index is 0.844. The van der Waals surface area contributed by atoms with Crippen molar-refractivity contribution in [2.75, 3.05) is 7.11 Å². The topological polar surface area (TPSA) is 22.1 Å². The maximum atomic E-state index is 5.21. The first-order valence-electron chi connectivity index (χ1n) is 6.03.